The summed E-state index contributed by atoms with van der Waals surface area (Å²) in [5, 5.41) is 5.30. The van der Waals surface area contributed by atoms with Crippen LogP contribution >= 0.6 is 0 Å². The van der Waals surface area contributed by atoms with E-state index in [4.69, 9.17) is 12.7 Å². The summed E-state index contributed by atoms with van der Waals surface area (Å²) < 4.78 is 5.16. The van der Waals surface area contributed by atoms with Crippen molar-refractivity contribution in [3.63, 3.8) is 0 Å². The van der Waals surface area contributed by atoms with E-state index in [0.717, 1.165) is 0 Å². The van der Waals surface area contributed by atoms with Crippen LogP contribution in [0.5, 0.6) is 5.75 Å². The molecule has 0 atom stereocenters. The van der Waals surface area contributed by atoms with Crippen molar-refractivity contribution in [2.24, 2.45) is 0 Å². The molecule has 0 aliphatic carbocycles. The van der Waals surface area contributed by atoms with Gasteiger partial charge in [-0.05, 0) is 25.2 Å². The molecule has 19 heavy (non-hydrogen) atoms. The third-order valence-electron chi connectivity index (χ3n) is 2.65. The number of ketones is 1. The van der Waals surface area contributed by atoms with E-state index in [9.17, 15) is 9.59 Å². The average molecular weight is 259 g/mol. The lowest BCUT2D eigenvalue weighted by Crippen LogP contribution is -2.34. The molecule has 98 valence electrons. The van der Waals surface area contributed by atoms with Crippen molar-refractivity contribution in [2.45, 2.75) is 0 Å². The van der Waals surface area contributed by atoms with Crippen molar-refractivity contribution in [2.75, 3.05) is 32.1 Å². The molecule has 0 saturated heterocycles. The van der Waals surface area contributed by atoms with Gasteiger partial charge in [0.25, 0.3) is 0 Å². The number of rotatable bonds is 4. The van der Waals surface area contributed by atoms with E-state index in [1.165, 1.54) is 4.81 Å². The Morgan fingerprint density at radius 3 is 3.05 bits per heavy atom. The minimum absolute atomic E-state index is 0.0633. The highest BCUT2D eigenvalue weighted by atomic mass is 16.5. The van der Waals surface area contributed by atoms with E-state index in [-0.39, 0.29) is 18.4 Å². The molecule has 1 aliphatic heterocycles. The first-order valence-corrected chi connectivity index (χ1v) is 5.87. The van der Waals surface area contributed by atoms with Gasteiger partial charge in [0.15, 0.2) is 14.6 Å². The molecule has 1 aliphatic rings. The van der Waals surface area contributed by atoms with Gasteiger partial charge in [-0.25, -0.2) is 4.79 Å². The molecule has 7 heteroatoms. The topological polar surface area (TPSA) is 70.7 Å². The van der Waals surface area contributed by atoms with Crippen LogP contribution in [0.2, 0.25) is 0 Å². The maximum Gasteiger partial charge on any atom is 0.319 e. The summed E-state index contributed by atoms with van der Waals surface area (Å²) in [6, 6.07) is 4.63. The monoisotopic (exact) mass is 259 g/mol. The maximum absolute atomic E-state index is 11.6. The van der Waals surface area contributed by atoms with Crippen molar-refractivity contribution >= 4 is 25.5 Å². The summed E-state index contributed by atoms with van der Waals surface area (Å²) in [7, 11) is 7.13. The minimum Gasteiger partial charge on any atom is -0.485 e. The normalized spacial score (nSPS) is 13.1. The minimum atomic E-state index is -0.340. The fourth-order valence-electron chi connectivity index (χ4n) is 1.69. The first-order chi connectivity index (χ1) is 9.06. The number of anilines is 1. The molecule has 1 aromatic rings. The highest BCUT2D eigenvalue weighted by molar-refractivity contribution is 6.04. The number of Topliss-reactive ketones (excluding diaryl/α,β-unsaturated/α-hetero) is 1. The lowest BCUT2D eigenvalue weighted by atomic mass is 10.1. The van der Waals surface area contributed by atoms with Gasteiger partial charge < -0.3 is 20.2 Å². The molecule has 1 aromatic carbocycles. The Hall–Kier alpha value is -2.02. The van der Waals surface area contributed by atoms with Crippen LogP contribution in [0, 0.1) is 0 Å². The number of hydrogen-bond donors (Lipinski definition) is 2. The summed E-state index contributed by atoms with van der Waals surface area (Å²) in [5.74, 6) is 0.476. The zero-order valence-corrected chi connectivity index (χ0v) is 10.6. The summed E-state index contributed by atoms with van der Waals surface area (Å²) in [6.45, 7) is 1.05. The van der Waals surface area contributed by atoms with E-state index in [0.29, 0.717) is 30.1 Å². The van der Waals surface area contributed by atoms with Gasteiger partial charge in [0.1, 0.15) is 5.75 Å². The van der Waals surface area contributed by atoms with Gasteiger partial charge in [0.05, 0.1) is 5.56 Å². The Kier molecular flexibility index (Phi) is 4.06. The number of ether oxygens (including phenoxy) is 1. The number of carbonyl (C=O) groups excluding carboxylic acids is 2. The van der Waals surface area contributed by atoms with Gasteiger partial charge in [-0.3, -0.25) is 4.79 Å². The summed E-state index contributed by atoms with van der Waals surface area (Å²) in [4.78, 5) is 24.5. The smallest absolute Gasteiger partial charge is 0.319 e. The van der Waals surface area contributed by atoms with Crippen LogP contribution in [-0.4, -0.2) is 51.4 Å². The van der Waals surface area contributed by atoms with Crippen LogP contribution < -0.4 is 15.4 Å². The Morgan fingerprint density at radius 1 is 1.53 bits per heavy atom. The standard InChI is InChI=1S/C12H14BN3O3/c1-16(13)5-4-14-12(18)15-8-2-3-11-9(6-8)10(17)7-19-11/h2-3,6H,4-5,7H2,1H3,(H2,14,15,18). The highest BCUT2D eigenvalue weighted by Crippen LogP contribution is 2.27. The van der Waals surface area contributed by atoms with Crippen LogP contribution in [0.3, 0.4) is 0 Å². The molecule has 0 bridgehead atoms. The summed E-state index contributed by atoms with van der Waals surface area (Å²) >= 11 is 0. The molecular formula is C12H14BN3O3. The number of benzene rings is 1. The predicted molar refractivity (Wildman–Crippen MR) is 71.7 cm³/mol. The third kappa shape index (κ3) is 3.48. The molecule has 2 rings (SSSR count). The maximum atomic E-state index is 11.6. The molecule has 2 N–H and O–H groups in total. The molecule has 0 unspecified atom stereocenters. The second-order valence-electron chi connectivity index (χ2n) is 4.28. The quantitative estimate of drug-likeness (QED) is 0.768. The largest absolute Gasteiger partial charge is 0.485 e. The van der Waals surface area contributed by atoms with Crippen LogP contribution in [0.4, 0.5) is 10.5 Å². The number of likely N-dealkylation sites (N-methyl/N-ethyl adjacent to an activating group) is 1. The van der Waals surface area contributed by atoms with Crippen LogP contribution in [-0.2, 0) is 0 Å². The van der Waals surface area contributed by atoms with E-state index in [1.54, 1.807) is 25.2 Å². The molecule has 2 amide bonds. The van der Waals surface area contributed by atoms with Crippen molar-refractivity contribution in [3.8, 4) is 5.75 Å². The number of fused-ring (bicyclic) bond motifs is 1. The Balaban J connectivity index is 1.91. The summed E-state index contributed by atoms with van der Waals surface area (Å²) in [5.41, 5.74) is 1.05. The van der Waals surface area contributed by atoms with Gasteiger partial charge in [-0.1, -0.05) is 0 Å². The van der Waals surface area contributed by atoms with E-state index >= 15 is 0 Å². The molecule has 2 radical (unpaired) electrons. The van der Waals surface area contributed by atoms with Crippen LogP contribution in [0.25, 0.3) is 0 Å². The summed E-state index contributed by atoms with van der Waals surface area (Å²) in [6.07, 6.45) is 0. The Labute approximate surface area is 112 Å². The van der Waals surface area contributed by atoms with Gasteiger partial charge in [-0.15, -0.1) is 0 Å². The zero-order chi connectivity index (χ0) is 13.8. The highest BCUT2D eigenvalue weighted by Gasteiger charge is 2.21. The van der Waals surface area contributed by atoms with Crippen molar-refractivity contribution in [3.05, 3.63) is 23.8 Å². The van der Waals surface area contributed by atoms with E-state index < -0.39 is 0 Å². The predicted octanol–water partition coefficient (Wildman–Crippen LogP) is 0.398. The zero-order valence-electron chi connectivity index (χ0n) is 10.6. The van der Waals surface area contributed by atoms with Gasteiger partial charge >= 0.3 is 6.03 Å². The Bertz CT molecular complexity index is 505. The lowest BCUT2D eigenvalue weighted by molar-refractivity contribution is 0.0961. The molecule has 6 nitrogen and oxygen atoms in total. The van der Waals surface area contributed by atoms with Crippen LogP contribution in [0.1, 0.15) is 10.4 Å². The molecule has 0 fully saturated rings. The fourth-order valence-corrected chi connectivity index (χ4v) is 1.69. The SMILES string of the molecule is [B]N(C)CCNC(=O)Nc1ccc2c(c1)C(=O)CO2. The number of nitrogens with one attached hydrogen (secondary N) is 2. The third-order valence-corrected chi connectivity index (χ3v) is 2.65. The fraction of sp³-hybridized carbons (Fsp3) is 0.333. The molecule has 0 saturated carbocycles. The molecule has 0 spiro atoms. The van der Waals surface area contributed by atoms with Gasteiger partial charge in [0.2, 0.25) is 5.78 Å². The second kappa shape index (κ2) is 5.75. The Morgan fingerprint density at radius 2 is 2.32 bits per heavy atom. The number of hydrogen-bond acceptors (Lipinski definition) is 4. The van der Waals surface area contributed by atoms with E-state index in [1.807, 2.05) is 0 Å². The van der Waals surface area contributed by atoms with Crippen LogP contribution in [0.15, 0.2) is 18.2 Å². The lowest BCUT2D eigenvalue weighted by Gasteiger charge is -2.11. The van der Waals surface area contributed by atoms with Gasteiger partial charge in [-0.2, -0.15) is 0 Å². The number of carbonyl (C=O) groups is 2. The van der Waals surface area contributed by atoms with Crippen molar-refractivity contribution < 1.29 is 14.3 Å². The number of nitrogens with zero attached hydrogens (tertiary/aromatic N) is 1. The molecule has 1 heterocycles. The first-order valence-electron chi connectivity index (χ1n) is 5.87. The molecular weight excluding hydrogens is 245 g/mol. The second-order valence-corrected chi connectivity index (χ2v) is 4.28. The first kappa shape index (κ1) is 13.4. The van der Waals surface area contributed by atoms with E-state index in [2.05, 4.69) is 10.6 Å². The number of urea groups is 1. The van der Waals surface area contributed by atoms with Crippen molar-refractivity contribution in [1.82, 2.24) is 10.1 Å². The molecule has 0 aromatic heterocycles. The number of amides is 2. The van der Waals surface area contributed by atoms with Crippen molar-refractivity contribution in [1.29, 1.82) is 0 Å². The van der Waals surface area contributed by atoms with Gasteiger partial charge in [0, 0.05) is 18.8 Å². The average Bonchev–Trinajstić information content (AvgIpc) is 2.70.